The van der Waals surface area contributed by atoms with Crippen molar-refractivity contribution in [1.29, 1.82) is 5.26 Å². The molecule has 5 heteroatoms. The summed E-state index contributed by atoms with van der Waals surface area (Å²) in [6.45, 7) is 2.27. The maximum absolute atomic E-state index is 12.3. The maximum atomic E-state index is 12.3. The summed E-state index contributed by atoms with van der Waals surface area (Å²) < 4.78 is 9.57. The quantitative estimate of drug-likeness (QED) is 0.175. The fourth-order valence-corrected chi connectivity index (χ4v) is 10.6. The van der Waals surface area contributed by atoms with E-state index in [-0.39, 0.29) is 0 Å². The van der Waals surface area contributed by atoms with Gasteiger partial charge in [-0.25, -0.2) is 0 Å². The molecule has 4 aromatic heterocycles. The second kappa shape index (κ2) is 12.6. The highest BCUT2D eigenvalue weighted by molar-refractivity contribution is 6.15. The van der Waals surface area contributed by atoms with Gasteiger partial charge in [0.15, 0.2) is 0 Å². The molecule has 0 unspecified atom stereocenters. The van der Waals surface area contributed by atoms with Gasteiger partial charge in [0.2, 0.25) is 0 Å². The van der Waals surface area contributed by atoms with E-state index >= 15 is 0 Å². The first-order valence-corrected chi connectivity index (χ1v) is 20.8. The molecule has 13 aromatic rings. The van der Waals surface area contributed by atoms with Crippen molar-refractivity contribution in [3.8, 4) is 28.8 Å². The molecule has 0 bridgehead atoms. The predicted octanol–water partition coefficient (Wildman–Crippen LogP) is 14.3. The lowest BCUT2D eigenvalue weighted by Crippen LogP contribution is -2.16. The van der Waals surface area contributed by atoms with Gasteiger partial charge in [-0.2, -0.15) is 5.26 Å². The molecule has 13 rings (SSSR count). The molecule has 61 heavy (non-hydrogen) atoms. The van der Waals surface area contributed by atoms with Crippen LogP contribution in [0.5, 0.6) is 0 Å². The largest absolute Gasteiger partial charge is 0.307 e. The number of benzene rings is 9. The SMILES string of the molecule is Cc1c(-n2c3ccccc3c3ccccc32)c(-n2c3ccccc3c3ccccc32)c(C#N)c(-n2c3ccccc3c3ccccc32)c1-n1c2ccccc2c2ccccc21. The van der Waals surface area contributed by atoms with Gasteiger partial charge in [-0.3, -0.25) is 0 Å². The molecule has 9 aromatic carbocycles. The predicted molar refractivity (Wildman–Crippen MR) is 253 cm³/mol. The van der Waals surface area contributed by atoms with Crippen molar-refractivity contribution in [1.82, 2.24) is 18.3 Å². The highest BCUT2D eigenvalue weighted by Crippen LogP contribution is 2.48. The Balaban J connectivity index is 1.37. The summed E-state index contributed by atoms with van der Waals surface area (Å²) in [5, 5.41) is 21.5. The molecule has 0 saturated carbocycles. The zero-order chi connectivity index (χ0) is 40.3. The molecule has 0 radical (unpaired) electrons. The van der Waals surface area contributed by atoms with E-state index in [4.69, 9.17) is 0 Å². The highest BCUT2D eigenvalue weighted by atomic mass is 15.1. The van der Waals surface area contributed by atoms with Gasteiger partial charge >= 0.3 is 0 Å². The number of nitrogens with zero attached hydrogens (tertiary/aromatic N) is 5. The summed E-state index contributed by atoms with van der Waals surface area (Å²) in [6, 6.07) is 72.1. The Morgan fingerprint density at radius 2 is 0.459 bits per heavy atom. The number of fused-ring (bicyclic) bond motifs is 12. The smallest absolute Gasteiger partial charge is 0.104 e. The Bertz CT molecular complexity index is 3560. The van der Waals surface area contributed by atoms with Crippen LogP contribution in [0.2, 0.25) is 0 Å². The van der Waals surface area contributed by atoms with E-state index < -0.39 is 0 Å². The van der Waals surface area contributed by atoms with E-state index in [1.54, 1.807) is 0 Å². The van der Waals surface area contributed by atoms with Gasteiger partial charge in [-0.05, 0) is 55.5 Å². The van der Waals surface area contributed by atoms with Crippen LogP contribution in [-0.4, -0.2) is 18.3 Å². The minimum atomic E-state index is 0.581. The molecule has 0 N–H and O–H groups in total. The zero-order valence-corrected chi connectivity index (χ0v) is 33.2. The van der Waals surface area contributed by atoms with Crippen molar-refractivity contribution in [3.05, 3.63) is 205 Å². The molecular weight excluding hydrogens is 743 g/mol. The van der Waals surface area contributed by atoms with Gasteiger partial charge < -0.3 is 18.3 Å². The third-order valence-corrected chi connectivity index (χ3v) is 13.0. The second-order valence-electron chi connectivity index (χ2n) is 16.0. The number of aromatic nitrogens is 4. The van der Waals surface area contributed by atoms with Crippen molar-refractivity contribution >= 4 is 87.2 Å². The third-order valence-electron chi connectivity index (χ3n) is 13.0. The zero-order valence-electron chi connectivity index (χ0n) is 33.2. The van der Waals surface area contributed by atoms with Gasteiger partial charge in [0.05, 0.1) is 66.9 Å². The summed E-state index contributed by atoms with van der Waals surface area (Å²) in [5.74, 6) is 0. The summed E-state index contributed by atoms with van der Waals surface area (Å²) >= 11 is 0. The standard InChI is InChI=1S/C56H35N5/c1-35-53(58-45-26-10-2-18-36(45)37-19-3-11-27-46(37)58)55(60-49-30-14-6-22-40(49)41-23-7-15-31-50(41)60)44(34-57)56(61-51-32-16-8-24-42(51)43-25-9-17-33-52(43)61)54(35)59-47-28-12-4-20-38(47)39-21-5-13-29-48(39)59/h2-33H,1H3. The molecule has 0 aliphatic rings. The van der Waals surface area contributed by atoms with E-state index in [1.165, 1.54) is 0 Å². The van der Waals surface area contributed by atoms with Crippen LogP contribution >= 0.6 is 0 Å². The molecule has 0 saturated heterocycles. The van der Waals surface area contributed by atoms with Gasteiger partial charge in [-0.15, -0.1) is 0 Å². The molecule has 0 atom stereocenters. The van der Waals surface area contributed by atoms with Crippen LogP contribution in [0.4, 0.5) is 0 Å². The first-order valence-electron chi connectivity index (χ1n) is 20.8. The van der Waals surface area contributed by atoms with E-state index in [0.717, 1.165) is 116 Å². The summed E-state index contributed by atoms with van der Waals surface area (Å²) in [6.07, 6.45) is 0. The van der Waals surface area contributed by atoms with Gasteiger partial charge in [0.25, 0.3) is 0 Å². The molecule has 0 aliphatic carbocycles. The normalized spacial score (nSPS) is 12.0. The minimum absolute atomic E-state index is 0.581. The Morgan fingerprint density at radius 1 is 0.279 bits per heavy atom. The van der Waals surface area contributed by atoms with Crippen molar-refractivity contribution in [2.75, 3.05) is 0 Å². The van der Waals surface area contributed by atoms with Crippen molar-refractivity contribution in [3.63, 3.8) is 0 Å². The number of hydrogen-bond acceptors (Lipinski definition) is 1. The van der Waals surface area contributed by atoms with Crippen LogP contribution in [0, 0.1) is 18.3 Å². The molecule has 0 spiro atoms. The summed E-state index contributed by atoms with van der Waals surface area (Å²) in [7, 11) is 0. The summed E-state index contributed by atoms with van der Waals surface area (Å²) in [4.78, 5) is 0. The number of nitriles is 1. The van der Waals surface area contributed by atoms with Crippen LogP contribution in [0.1, 0.15) is 11.1 Å². The average molecular weight is 778 g/mol. The molecule has 0 amide bonds. The second-order valence-corrected chi connectivity index (χ2v) is 16.0. The van der Waals surface area contributed by atoms with Crippen molar-refractivity contribution < 1.29 is 0 Å². The van der Waals surface area contributed by atoms with E-state index in [2.05, 4.69) is 225 Å². The van der Waals surface area contributed by atoms with Crippen LogP contribution in [-0.2, 0) is 0 Å². The van der Waals surface area contributed by atoms with Crippen LogP contribution in [0.3, 0.4) is 0 Å². The molecule has 5 nitrogen and oxygen atoms in total. The topological polar surface area (TPSA) is 43.5 Å². The minimum Gasteiger partial charge on any atom is -0.307 e. The Labute approximate surface area is 350 Å². The van der Waals surface area contributed by atoms with Gasteiger partial charge in [-0.1, -0.05) is 146 Å². The molecular formula is C56H35N5. The fraction of sp³-hybridized carbons (Fsp3) is 0.0179. The molecule has 4 heterocycles. The van der Waals surface area contributed by atoms with E-state index in [9.17, 15) is 5.26 Å². The Kier molecular flexibility index (Phi) is 6.94. The number of rotatable bonds is 4. The number of para-hydroxylation sites is 8. The molecule has 284 valence electrons. The maximum Gasteiger partial charge on any atom is 0.104 e. The van der Waals surface area contributed by atoms with Gasteiger partial charge in [0, 0.05) is 48.7 Å². The lowest BCUT2D eigenvalue weighted by Gasteiger charge is -2.28. The lowest BCUT2D eigenvalue weighted by molar-refractivity contribution is 1.01. The average Bonchev–Trinajstić information content (AvgIpc) is 4.04. The van der Waals surface area contributed by atoms with E-state index in [1.807, 2.05) is 0 Å². The monoisotopic (exact) mass is 777 g/mol. The van der Waals surface area contributed by atoms with Crippen LogP contribution in [0.25, 0.3) is 110 Å². The van der Waals surface area contributed by atoms with Crippen LogP contribution in [0.15, 0.2) is 194 Å². The molecule has 0 aliphatic heterocycles. The number of hydrogen-bond donors (Lipinski definition) is 0. The van der Waals surface area contributed by atoms with Crippen molar-refractivity contribution in [2.45, 2.75) is 6.92 Å². The molecule has 0 fully saturated rings. The van der Waals surface area contributed by atoms with Crippen molar-refractivity contribution in [2.24, 2.45) is 0 Å². The first-order chi connectivity index (χ1) is 30.2. The van der Waals surface area contributed by atoms with E-state index in [0.29, 0.717) is 5.56 Å². The van der Waals surface area contributed by atoms with Crippen LogP contribution < -0.4 is 0 Å². The highest BCUT2D eigenvalue weighted by Gasteiger charge is 2.32. The Morgan fingerprint density at radius 3 is 0.656 bits per heavy atom. The first kappa shape index (κ1) is 33.6. The lowest BCUT2D eigenvalue weighted by atomic mass is 9.99. The third kappa shape index (κ3) is 4.43. The Hall–Kier alpha value is -8.33. The summed E-state index contributed by atoms with van der Waals surface area (Å²) in [5.41, 5.74) is 13.7. The fourth-order valence-electron chi connectivity index (χ4n) is 10.6. The van der Waals surface area contributed by atoms with Gasteiger partial charge in [0.1, 0.15) is 11.6 Å².